The Balaban J connectivity index is 2.78. The van der Waals surface area contributed by atoms with Crippen LogP contribution in [0, 0.1) is 13.8 Å². The van der Waals surface area contributed by atoms with Crippen molar-refractivity contribution in [2.45, 2.75) is 79.5 Å². The Bertz CT molecular complexity index is 570. The smallest absolute Gasteiger partial charge is 0.407 e. The normalized spacial score (nSPS) is 12.8. The van der Waals surface area contributed by atoms with Crippen LogP contribution in [0.3, 0.4) is 0 Å². The van der Waals surface area contributed by atoms with E-state index in [2.05, 4.69) is 10.4 Å². The Hall–Kier alpha value is -1.85. The Kier molecular flexibility index (Phi) is 6.36. The number of rotatable bonds is 6. The molecule has 0 aliphatic rings. The first-order valence-corrected chi connectivity index (χ1v) is 8.15. The van der Waals surface area contributed by atoms with Gasteiger partial charge in [0, 0.05) is 24.7 Å². The summed E-state index contributed by atoms with van der Waals surface area (Å²) in [7, 11) is 0. The van der Waals surface area contributed by atoms with Gasteiger partial charge in [-0.05, 0) is 48.0 Å². The summed E-state index contributed by atoms with van der Waals surface area (Å²) in [6.45, 7) is 13.8. The van der Waals surface area contributed by atoms with Gasteiger partial charge in [-0.1, -0.05) is 6.92 Å². The number of aryl methyl sites for hydroxylation is 2. The summed E-state index contributed by atoms with van der Waals surface area (Å²) in [5.41, 5.74) is 1.72. The third-order valence-corrected chi connectivity index (χ3v) is 3.61. The summed E-state index contributed by atoms with van der Waals surface area (Å²) in [6.07, 6.45) is 0.410. The van der Waals surface area contributed by atoms with Crippen molar-refractivity contribution in [2.24, 2.45) is 0 Å². The Labute approximate surface area is 138 Å². The number of hydrogen-bond acceptors (Lipinski definition) is 4. The van der Waals surface area contributed by atoms with Crippen molar-refractivity contribution in [2.75, 3.05) is 0 Å². The number of carbonyl (C=O) groups excluding carboxylic acids is 2. The number of ether oxygens (including phenoxy) is 1. The van der Waals surface area contributed by atoms with Gasteiger partial charge in [0.15, 0.2) is 5.78 Å². The minimum Gasteiger partial charge on any atom is -0.444 e. The molecule has 0 aliphatic heterocycles. The number of Topliss-reactive ketones (excluding diaryl/α,β-unsaturated/α-hetero) is 1. The predicted molar refractivity (Wildman–Crippen MR) is 89.8 cm³/mol. The predicted octanol–water partition coefficient (Wildman–Crippen LogP) is 3.40. The summed E-state index contributed by atoms with van der Waals surface area (Å²) in [5, 5.41) is 7.15. The van der Waals surface area contributed by atoms with Gasteiger partial charge in [-0.15, -0.1) is 0 Å². The minimum atomic E-state index is -0.554. The SMILES string of the molecule is CCC(CC(=O)c1c(C)nn(CC)c1C)NC(=O)OC(C)(C)C. The van der Waals surface area contributed by atoms with Crippen molar-refractivity contribution in [3.8, 4) is 0 Å². The molecule has 0 spiro atoms. The second-order valence-corrected chi connectivity index (χ2v) is 6.74. The molecule has 130 valence electrons. The summed E-state index contributed by atoms with van der Waals surface area (Å²) < 4.78 is 7.07. The van der Waals surface area contributed by atoms with Crippen LogP contribution in [-0.2, 0) is 11.3 Å². The van der Waals surface area contributed by atoms with Crippen LogP contribution in [0.25, 0.3) is 0 Å². The number of aromatic nitrogens is 2. The van der Waals surface area contributed by atoms with Crippen molar-refractivity contribution in [3.63, 3.8) is 0 Å². The lowest BCUT2D eigenvalue weighted by Gasteiger charge is -2.22. The molecule has 0 saturated heterocycles. The molecule has 0 saturated carbocycles. The van der Waals surface area contributed by atoms with Gasteiger partial charge in [0.05, 0.1) is 11.3 Å². The Morgan fingerprint density at radius 1 is 1.26 bits per heavy atom. The molecule has 0 bridgehead atoms. The second-order valence-electron chi connectivity index (χ2n) is 6.74. The molecule has 6 nitrogen and oxygen atoms in total. The van der Waals surface area contributed by atoms with Crippen LogP contribution in [-0.4, -0.2) is 33.3 Å². The Morgan fingerprint density at radius 3 is 2.30 bits per heavy atom. The molecular formula is C17H29N3O3. The van der Waals surface area contributed by atoms with E-state index < -0.39 is 11.7 Å². The molecule has 0 fully saturated rings. The fourth-order valence-corrected chi connectivity index (χ4v) is 2.51. The van der Waals surface area contributed by atoms with Gasteiger partial charge in [0.25, 0.3) is 0 Å². The average molecular weight is 323 g/mol. The molecule has 1 heterocycles. The average Bonchev–Trinajstić information content (AvgIpc) is 2.70. The lowest BCUT2D eigenvalue weighted by atomic mass is 10.0. The zero-order valence-electron chi connectivity index (χ0n) is 15.3. The van der Waals surface area contributed by atoms with Gasteiger partial charge < -0.3 is 10.1 Å². The van der Waals surface area contributed by atoms with E-state index in [-0.39, 0.29) is 18.2 Å². The van der Waals surface area contributed by atoms with Crippen molar-refractivity contribution in [3.05, 3.63) is 17.0 Å². The molecule has 1 rings (SSSR count). The monoisotopic (exact) mass is 323 g/mol. The third kappa shape index (κ3) is 5.37. The first-order valence-electron chi connectivity index (χ1n) is 8.15. The summed E-state index contributed by atoms with van der Waals surface area (Å²) in [5.74, 6) is 0.00242. The van der Waals surface area contributed by atoms with E-state index in [1.807, 2.05) is 53.1 Å². The second kappa shape index (κ2) is 7.62. The molecule has 0 aliphatic carbocycles. The van der Waals surface area contributed by atoms with E-state index >= 15 is 0 Å². The summed E-state index contributed by atoms with van der Waals surface area (Å²) in [4.78, 5) is 24.5. The van der Waals surface area contributed by atoms with Gasteiger partial charge in [0.2, 0.25) is 0 Å². The fourth-order valence-electron chi connectivity index (χ4n) is 2.51. The first-order chi connectivity index (χ1) is 10.6. The van der Waals surface area contributed by atoms with Crippen LogP contribution in [0.15, 0.2) is 0 Å². The lowest BCUT2D eigenvalue weighted by molar-refractivity contribution is 0.0500. The number of amides is 1. The number of nitrogens with one attached hydrogen (secondary N) is 1. The highest BCUT2D eigenvalue weighted by molar-refractivity contribution is 5.98. The number of nitrogens with zero attached hydrogens (tertiary/aromatic N) is 2. The number of hydrogen-bond donors (Lipinski definition) is 1. The molecule has 1 atom stereocenters. The van der Waals surface area contributed by atoms with Crippen LogP contribution in [0.5, 0.6) is 0 Å². The molecule has 1 unspecified atom stereocenters. The number of alkyl carbamates (subject to hydrolysis) is 1. The molecule has 1 aromatic rings. The molecule has 1 amide bonds. The van der Waals surface area contributed by atoms with Crippen molar-refractivity contribution in [1.29, 1.82) is 0 Å². The molecule has 0 radical (unpaired) electrons. The fraction of sp³-hybridized carbons (Fsp3) is 0.706. The van der Waals surface area contributed by atoms with Gasteiger partial charge in [-0.3, -0.25) is 9.48 Å². The highest BCUT2D eigenvalue weighted by atomic mass is 16.6. The maximum absolute atomic E-state index is 12.6. The highest BCUT2D eigenvalue weighted by Crippen LogP contribution is 2.17. The molecular weight excluding hydrogens is 294 g/mol. The highest BCUT2D eigenvalue weighted by Gasteiger charge is 2.24. The van der Waals surface area contributed by atoms with Gasteiger partial charge in [-0.25, -0.2) is 4.79 Å². The summed E-state index contributed by atoms with van der Waals surface area (Å²) in [6, 6.07) is -0.249. The number of ketones is 1. The van der Waals surface area contributed by atoms with Crippen LogP contribution in [0.1, 0.15) is 69.2 Å². The van der Waals surface area contributed by atoms with Gasteiger partial charge in [0.1, 0.15) is 5.60 Å². The van der Waals surface area contributed by atoms with Crippen LogP contribution < -0.4 is 5.32 Å². The quantitative estimate of drug-likeness (QED) is 0.814. The molecule has 23 heavy (non-hydrogen) atoms. The van der Waals surface area contributed by atoms with Crippen molar-refractivity contribution in [1.82, 2.24) is 15.1 Å². The third-order valence-electron chi connectivity index (χ3n) is 3.61. The van der Waals surface area contributed by atoms with Crippen molar-refractivity contribution < 1.29 is 14.3 Å². The van der Waals surface area contributed by atoms with Crippen molar-refractivity contribution >= 4 is 11.9 Å². The van der Waals surface area contributed by atoms with Gasteiger partial charge >= 0.3 is 6.09 Å². The molecule has 1 aromatic heterocycles. The van der Waals surface area contributed by atoms with E-state index in [9.17, 15) is 9.59 Å². The van der Waals surface area contributed by atoms with E-state index in [4.69, 9.17) is 4.74 Å². The topological polar surface area (TPSA) is 73.2 Å². The number of carbonyl (C=O) groups is 2. The maximum atomic E-state index is 12.6. The van der Waals surface area contributed by atoms with Crippen LogP contribution >= 0.6 is 0 Å². The van der Waals surface area contributed by atoms with Gasteiger partial charge in [-0.2, -0.15) is 5.10 Å². The van der Waals surface area contributed by atoms with E-state index in [1.54, 1.807) is 0 Å². The first kappa shape index (κ1) is 19.2. The lowest BCUT2D eigenvalue weighted by Crippen LogP contribution is -2.40. The van der Waals surface area contributed by atoms with Crippen LogP contribution in [0.4, 0.5) is 4.79 Å². The largest absolute Gasteiger partial charge is 0.444 e. The van der Waals surface area contributed by atoms with E-state index in [0.717, 1.165) is 17.9 Å². The minimum absolute atomic E-state index is 0.00242. The molecule has 6 heteroatoms. The zero-order chi connectivity index (χ0) is 17.8. The summed E-state index contributed by atoms with van der Waals surface area (Å²) >= 11 is 0. The van der Waals surface area contributed by atoms with E-state index in [0.29, 0.717) is 12.0 Å². The zero-order valence-corrected chi connectivity index (χ0v) is 15.3. The Morgan fingerprint density at radius 2 is 1.87 bits per heavy atom. The molecule has 1 N–H and O–H groups in total. The van der Waals surface area contributed by atoms with E-state index in [1.165, 1.54) is 0 Å². The molecule has 0 aromatic carbocycles. The maximum Gasteiger partial charge on any atom is 0.407 e. The van der Waals surface area contributed by atoms with Crippen LogP contribution in [0.2, 0.25) is 0 Å². The standard InChI is InChI=1S/C17H29N3O3/c1-8-13(18-16(22)23-17(5,6)7)10-14(21)15-11(3)19-20(9-2)12(15)4/h13H,8-10H2,1-7H3,(H,18,22).